The minimum Gasteiger partial charge on any atom is -0.367 e. The number of alkyl halides is 1. The van der Waals surface area contributed by atoms with Crippen LogP contribution in [0.25, 0.3) is 0 Å². The molecule has 0 fully saturated rings. The molecule has 1 aromatic heterocycles. The number of anilines is 2. The minimum absolute atomic E-state index is 0.326. The molecule has 0 amide bonds. The fraction of sp³-hybridized carbons (Fsp3) is 0.600. The zero-order valence-electron chi connectivity index (χ0n) is 9.37. The summed E-state index contributed by atoms with van der Waals surface area (Å²) in [7, 11) is 3.84. The predicted molar refractivity (Wildman–Crippen MR) is 64.8 cm³/mol. The second-order valence-corrected chi connectivity index (χ2v) is 4.04. The number of nitrogens with zero attached hydrogens (tertiary/aromatic N) is 3. The van der Waals surface area contributed by atoms with Gasteiger partial charge >= 0.3 is 0 Å². The van der Waals surface area contributed by atoms with E-state index in [2.05, 4.69) is 22.2 Å². The van der Waals surface area contributed by atoms with E-state index in [4.69, 9.17) is 11.6 Å². The van der Waals surface area contributed by atoms with Crippen LogP contribution in [0.15, 0.2) is 12.3 Å². The number of halogens is 1. The van der Waals surface area contributed by atoms with Gasteiger partial charge in [0, 0.05) is 32.2 Å². The lowest BCUT2D eigenvalue weighted by molar-refractivity contribution is 0.762. The lowest BCUT2D eigenvalue weighted by Crippen LogP contribution is -2.18. The molecule has 1 rings (SSSR count). The fourth-order valence-electron chi connectivity index (χ4n) is 1.13. The predicted octanol–water partition coefficient (Wildman–Crippen LogP) is 1.97. The Morgan fingerprint density at radius 2 is 2.27 bits per heavy atom. The van der Waals surface area contributed by atoms with E-state index in [1.54, 1.807) is 6.20 Å². The Kier molecular flexibility index (Phi) is 4.62. The molecule has 84 valence electrons. The molecule has 1 unspecified atom stereocenters. The van der Waals surface area contributed by atoms with E-state index in [9.17, 15) is 0 Å². The first-order valence-corrected chi connectivity index (χ1v) is 5.50. The number of nitrogens with one attached hydrogen (secondary N) is 1. The number of aromatic nitrogens is 2. The molecule has 1 aromatic rings. The summed E-state index contributed by atoms with van der Waals surface area (Å²) in [6.07, 6.45) is 2.67. The number of rotatable bonds is 5. The van der Waals surface area contributed by atoms with Crippen LogP contribution in [-0.2, 0) is 0 Å². The third kappa shape index (κ3) is 3.91. The zero-order chi connectivity index (χ0) is 11.3. The van der Waals surface area contributed by atoms with Crippen LogP contribution in [0.3, 0.4) is 0 Å². The lowest BCUT2D eigenvalue weighted by Gasteiger charge is -2.15. The van der Waals surface area contributed by atoms with Crippen molar-refractivity contribution in [2.45, 2.75) is 19.4 Å². The van der Waals surface area contributed by atoms with Crippen molar-refractivity contribution in [3.8, 4) is 0 Å². The van der Waals surface area contributed by atoms with Gasteiger partial charge in [-0.1, -0.05) is 0 Å². The monoisotopic (exact) mass is 228 g/mol. The third-order valence-electron chi connectivity index (χ3n) is 1.98. The maximum atomic E-state index is 5.66. The molecular formula is C10H17ClN4. The number of hydrogen-bond acceptors (Lipinski definition) is 4. The quantitative estimate of drug-likeness (QED) is 0.783. The minimum atomic E-state index is 0.326. The molecule has 1 atom stereocenters. The standard InChI is InChI=1S/C10H17ClN4/c1-8(4-6-11)13-9-5-7-12-10(14-9)15(2)3/h5,7-8H,4,6H2,1-3H3,(H,12,13,14). The molecule has 0 saturated carbocycles. The van der Waals surface area contributed by atoms with Crippen LogP contribution in [0.1, 0.15) is 13.3 Å². The molecule has 0 radical (unpaired) electrons. The van der Waals surface area contributed by atoms with Crippen LogP contribution < -0.4 is 10.2 Å². The molecule has 0 spiro atoms. The Morgan fingerprint density at radius 3 is 2.87 bits per heavy atom. The van der Waals surface area contributed by atoms with Gasteiger partial charge < -0.3 is 10.2 Å². The van der Waals surface area contributed by atoms with Crippen molar-refractivity contribution in [1.82, 2.24) is 9.97 Å². The topological polar surface area (TPSA) is 41.1 Å². The summed E-state index contributed by atoms with van der Waals surface area (Å²) >= 11 is 5.66. The second kappa shape index (κ2) is 5.75. The molecule has 0 aliphatic carbocycles. The van der Waals surface area contributed by atoms with Crippen LogP contribution in [0.2, 0.25) is 0 Å². The average molecular weight is 229 g/mol. The average Bonchev–Trinajstić information content (AvgIpc) is 2.18. The summed E-state index contributed by atoms with van der Waals surface area (Å²) in [5, 5.41) is 3.28. The van der Waals surface area contributed by atoms with Gasteiger partial charge in [-0.05, 0) is 19.4 Å². The Labute approximate surface area is 95.7 Å². The summed E-state index contributed by atoms with van der Waals surface area (Å²) in [6.45, 7) is 2.08. The third-order valence-corrected chi connectivity index (χ3v) is 2.20. The van der Waals surface area contributed by atoms with Crippen LogP contribution in [0.4, 0.5) is 11.8 Å². The lowest BCUT2D eigenvalue weighted by atomic mass is 10.2. The van der Waals surface area contributed by atoms with Crippen molar-refractivity contribution in [3.05, 3.63) is 12.3 Å². The molecule has 0 aromatic carbocycles. The van der Waals surface area contributed by atoms with Crippen molar-refractivity contribution in [2.75, 3.05) is 30.2 Å². The Balaban J connectivity index is 2.65. The van der Waals surface area contributed by atoms with E-state index < -0.39 is 0 Å². The van der Waals surface area contributed by atoms with Gasteiger partial charge in [0.1, 0.15) is 5.82 Å². The van der Waals surface area contributed by atoms with E-state index in [0.717, 1.165) is 12.2 Å². The Hall–Kier alpha value is -1.03. The summed E-state index contributed by atoms with van der Waals surface area (Å²) in [5.41, 5.74) is 0. The van der Waals surface area contributed by atoms with E-state index in [1.807, 2.05) is 25.1 Å². The first-order chi connectivity index (χ1) is 7.13. The molecular weight excluding hydrogens is 212 g/mol. The van der Waals surface area contributed by atoms with E-state index in [1.165, 1.54) is 0 Å². The smallest absolute Gasteiger partial charge is 0.226 e. The molecule has 5 heteroatoms. The van der Waals surface area contributed by atoms with Gasteiger partial charge in [0.15, 0.2) is 0 Å². The normalized spacial score (nSPS) is 12.3. The second-order valence-electron chi connectivity index (χ2n) is 3.66. The molecule has 1 heterocycles. The molecule has 0 aliphatic heterocycles. The van der Waals surface area contributed by atoms with Crippen molar-refractivity contribution in [1.29, 1.82) is 0 Å². The van der Waals surface area contributed by atoms with Crippen molar-refractivity contribution in [2.24, 2.45) is 0 Å². The highest BCUT2D eigenvalue weighted by atomic mass is 35.5. The summed E-state index contributed by atoms with van der Waals surface area (Å²) in [6, 6.07) is 2.19. The fourth-order valence-corrected chi connectivity index (χ4v) is 1.46. The maximum absolute atomic E-state index is 5.66. The van der Waals surface area contributed by atoms with Crippen LogP contribution in [0.5, 0.6) is 0 Å². The highest BCUT2D eigenvalue weighted by Gasteiger charge is 2.04. The van der Waals surface area contributed by atoms with Gasteiger partial charge in [0.05, 0.1) is 0 Å². The van der Waals surface area contributed by atoms with Crippen LogP contribution in [0, 0.1) is 0 Å². The first-order valence-electron chi connectivity index (χ1n) is 4.96. The van der Waals surface area contributed by atoms with Crippen molar-refractivity contribution >= 4 is 23.4 Å². The molecule has 0 bridgehead atoms. The molecule has 0 aliphatic rings. The molecule has 4 nitrogen and oxygen atoms in total. The highest BCUT2D eigenvalue weighted by molar-refractivity contribution is 6.17. The van der Waals surface area contributed by atoms with Gasteiger partial charge in [0.25, 0.3) is 0 Å². The summed E-state index contributed by atoms with van der Waals surface area (Å²) < 4.78 is 0. The largest absolute Gasteiger partial charge is 0.367 e. The van der Waals surface area contributed by atoms with Gasteiger partial charge in [-0.2, -0.15) is 4.98 Å². The molecule has 0 saturated heterocycles. The van der Waals surface area contributed by atoms with E-state index in [0.29, 0.717) is 17.9 Å². The van der Waals surface area contributed by atoms with Crippen LogP contribution in [-0.4, -0.2) is 36.0 Å². The van der Waals surface area contributed by atoms with Crippen molar-refractivity contribution in [3.63, 3.8) is 0 Å². The Morgan fingerprint density at radius 1 is 1.53 bits per heavy atom. The van der Waals surface area contributed by atoms with Gasteiger partial charge in [-0.15, -0.1) is 11.6 Å². The van der Waals surface area contributed by atoms with E-state index in [-0.39, 0.29) is 0 Å². The zero-order valence-corrected chi connectivity index (χ0v) is 10.1. The van der Waals surface area contributed by atoms with Gasteiger partial charge in [-0.3, -0.25) is 0 Å². The van der Waals surface area contributed by atoms with Gasteiger partial charge in [-0.25, -0.2) is 4.98 Å². The highest BCUT2D eigenvalue weighted by Crippen LogP contribution is 2.10. The van der Waals surface area contributed by atoms with Gasteiger partial charge in [0.2, 0.25) is 5.95 Å². The first kappa shape index (κ1) is 12.0. The van der Waals surface area contributed by atoms with Crippen molar-refractivity contribution < 1.29 is 0 Å². The molecule has 1 N–H and O–H groups in total. The van der Waals surface area contributed by atoms with E-state index >= 15 is 0 Å². The number of hydrogen-bond donors (Lipinski definition) is 1. The molecule has 15 heavy (non-hydrogen) atoms. The maximum Gasteiger partial charge on any atom is 0.226 e. The Bertz CT molecular complexity index is 303. The van der Waals surface area contributed by atoms with Crippen LogP contribution >= 0.6 is 11.6 Å². The summed E-state index contributed by atoms with van der Waals surface area (Å²) in [4.78, 5) is 10.4. The summed E-state index contributed by atoms with van der Waals surface area (Å²) in [5.74, 6) is 2.20. The SMILES string of the molecule is CC(CCCl)Nc1ccnc(N(C)C)n1.